The third-order valence-electron chi connectivity index (χ3n) is 4.15. The van der Waals surface area contributed by atoms with Gasteiger partial charge >= 0.3 is 0 Å². The summed E-state index contributed by atoms with van der Waals surface area (Å²) < 4.78 is 51.6. The zero-order valence-electron chi connectivity index (χ0n) is 14.2. The molecule has 0 aliphatic heterocycles. The molecule has 0 heterocycles. The van der Waals surface area contributed by atoms with Crippen molar-refractivity contribution < 1.29 is 17.2 Å². The van der Waals surface area contributed by atoms with E-state index in [0.29, 0.717) is 17.6 Å². The minimum Gasteiger partial charge on any atom is -0.224 e. The van der Waals surface area contributed by atoms with Crippen molar-refractivity contribution in [2.45, 2.75) is 25.2 Å². The Kier molecular flexibility index (Phi) is 4.37. The van der Waals surface area contributed by atoms with E-state index >= 15 is 0 Å². The summed E-state index contributed by atoms with van der Waals surface area (Å²) in [4.78, 5) is -0.883. The summed E-state index contributed by atoms with van der Waals surface area (Å²) in [6.45, 7) is 3.99. The number of sulfone groups is 1. The highest BCUT2D eigenvalue weighted by Gasteiger charge is 2.23. The Morgan fingerprint density at radius 1 is 0.800 bits per heavy atom. The summed E-state index contributed by atoms with van der Waals surface area (Å²) in [5, 5.41) is 0. The molecule has 3 rings (SSSR count). The van der Waals surface area contributed by atoms with E-state index < -0.39 is 26.4 Å². The van der Waals surface area contributed by atoms with Crippen LogP contribution in [0.2, 0.25) is 0 Å². The molecule has 2 aromatic rings. The van der Waals surface area contributed by atoms with Gasteiger partial charge in [-0.1, -0.05) is 41.5 Å². The average molecular weight is 360 g/mol. The molecule has 0 fully saturated rings. The maximum Gasteiger partial charge on any atom is 0.181 e. The molecule has 0 spiro atoms. The number of hydrogen-bond acceptors (Lipinski definition) is 2. The fourth-order valence-corrected chi connectivity index (χ4v) is 4.09. The molecular weight excluding hydrogens is 342 g/mol. The lowest BCUT2D eigenvalue weighted by atomic mass is 9.93. The van der Waals surface area contributed by atoms with E-state index in [1.54, 1.807) is 0 Å². The summed E-state index contributed by atoms with van der Waals surface area (Å²) in [6, 6.07) is 8.29. The molecule has 0 amide bonds. The van der Waals surface area contributed by atoms with E-state index in [-0.39, 0.29) is 0 Å². The Morgan fingerprint density at radius 3 is 1.68 bits per heavy atom. The van der Waals surface area contributed by atoms with E-state index in [0.717, 1.165) is 40.7 Å². The fraction of sp³-hybridized carbons (Fsp3) is 0.200. The van der Waals surface area contributed by atoms with E-state index in [9.17, 15) is 17.2 Å². The molecule has 2 nitrogen and oxygen atoms in total. The minimum atomic E-state index is -3.97. The highest BCUT2D eigenvalue weighted by Crippen LogP contribution is 2.38. The molecule has 0 bridgehead atoms. The van der Waals surface area contributed by atoms with Gasteiger partial charge in [0.1, 0.15) is 16.5 Å². The minimum absolute atomic E-state index is 0.338. The van der Waals surface area contributed by atoms with Crippen LogP contribution >= 0.6 is 0 Å². The number of allylic oxidation sites excluding steroid dienone is 4. The van der Waals surface area contributed by atoms with Crippen molar-refractivity contribution in [1.82, 2.24) is 0 Å². The summed E-state index contributed by atoms with van der Waals surface area (Å²) in [7, 11) is -3.97. The van der Waals surface area contributed by atoms with Gasteiger partial charge in [0.05, 0.1) is 0 Å². The Bertz CT molecular complexity index is 988. The SMILES string of the molecule is Cc1cc(C)cc(C2=CCC=C2c2cc(F)c(S(C)(=O)=O)c(F)c2)c1. The molecule has 1 aliphatic rings. The van der Waals surface area contributed by atoms with Crippen LogP contribution in [0.5, 0.6) is 0 Å². The van der Waals surface area contributed by atoms with Crippen molar-refractivity contribution in [2.75, 3.05) is 6.26 Å². The van der Waals surface area contributed by atoms with Gasteiger partial charge in [0.15, 0.2) is 9.84 Å². The van der Waals surface area contributed by atoms with Crippen molar-refractivity contribution in [3.63, 3.8) is 0 Å². The monoisotopic (exact) mass is 360 g/mol. The predicted molar refractivity (Wildman–Crippen MR) is 96.0 cm³/mol. The highest BCUT2D eigenvalue weighted by atomic mass is 32.2. The van der Waals surface area contributed by atoms with Crippen LogP contribution in [0.4, 0.5) is 8.78 Å². The molecule has 0 unspecified atom stereocenters. The van der Waals surface area contributed by atoms with Crippen molar-refractivity contribution in [1.29, 1.82) is 0 Å². The number of rotatable bonds is 3. The van der Waals surface area contributed by atoms with Gasteiger partial charge in [0.2, 0.25) is 0 Å². The molecule has 0 saturated carbocycles. The molecule has 0 radical (unpaired) electrons. The van der Waals surface area contributed by atoms with Gasteiger partial charge in [-0.05, 0) is 54.7 Å². The zero-order chi connectivity index (χ0) is 18.4. The summed E-state index contributed by atoms with van der Waals surface area (Å²) in [5.74, 6) is -2.13. The van der Waals surface area contributed by atoms with Crippen molar-refractivity contribution in [2.24, 2.45) is 0 Å². The molecular formula is C20H18F2O2S. The first-order valence-corrected chi connectivity index (χ1v) is 9.75. The Balaban J connectivity index is 2.10. The van der Waals surface area contributed by atoms with Crippen LogP contribution in [-0.2, 0) is 9.84 Å². The molecule has 2 aromatic carbocycles. The number of halogens is 2. The Labute approximate surface area is 146 Å². The number of aryl methyl sites for hydroxylation is 2. The quantitative estimate of drug-likeness (QED) is 0.784. The maximum absolute atomic E-state index is 14.3. The fourth-order valence-electron chi connectivity index (χ4n) is 3.26. The lowest BCUT2D eigenvalue weighted by Gasteiger charge is -2.13. The van der Waals surface area contributed by atoms with Crippen molar-refractivity contribution >= 4 is 21.0 Å². The van der Waals surface area contributed by atoms with Gasteiger partial charge < -0.3 is 0 Å². The first-order valence-electron chi connectivity index (χ1n) is 7.85. The second-order valence-corrected chi connectivity index (χ2v) is 8.34. The summed E-state index contributed by atoms with van der Waals surface area (Å²) >= 11 is 0. The van der Waals surface area contributed by atoms with Crippen LogP contribution in [0.1, 0.15) is 28.7 Å². The standard InChI is InChI=1S/C20H18F2O2S/c1-12-7-13(2)9-14(8-12)16-5-4-6-17(16)15-10-18(21)20(19(22)11-15)25(3,23)24/h5-11H,4H2,1-3H3. The molecule has 1 aliphatic carbocycles. The van der Waals surface area contributed by atoms with Crippen LogP contribution in [0.3, 0.4) is 0 Å². The molecule has 0 saturated heterocycles. The van der Waals surface area contributed by atoms with Crippen LogP contribution in [-0.4, -0.2) is 14.7 Å². The van der Waals surface area contributed by atoms with Crippen LogP contribution < -0.4 is 0 Å². The second-order valence-electron chi connectivity index (χ2n) is 6.39. The van der Waals surface area contributed by atoms with E-state index in [1.807, 2.05) is 38.1 Å². The van der Waals surface area contributed by atoms with Gasteiger partial charge in [-0.3, -0.25) is 0 Å². The lowest BCUT2D eigenvalue weighted by molar-refractivity contribution is 0.521. The number of benzene rings is 2. The topological polar surface area (TPSA) is 34.1 Å². The van der Waals surface area contributed by atoms with Gasteiger partial charge in [-0.25, -0.2) is 17.2 Å². The van der Waals surface area contributed by atoms with E-state index in [2.05, 4.69) is 6.07 Å². The smallest absolute Gasteiger partial charge is 0.181 e. The average Bonchev–Trinajstić information content (AvgIpc) is 2.93. The lowest BCUT2D eigenvalue weighted by Crippen LogP contribution is -2.05. The number of hydrogen-bond donors (Lipinski definition) is 0. The first kappa shape index (κ1) is 17.5. The third kappa shape index (κ3) is 3.42. The van der Waals surface area contributed by atoms with Crippen LogP contribution in [0.15, 0.2) is 47.4 Å². The third-order valence-corrected chi connectivity index (χ3v) is 5.28. The van der Waals surface area contributed by atoms with Crippen LogP contribution in [0, 0.1) is 25.5 Å². The summed E-state index contributed by atoms with van der Waals surface area (Å²) in [5.41, 5.74) is 5.14. The molecule has 0 atom stereocenters. The largest absolute Gasteiger partial charge is 0.224 e. The molecule has 0 N–H and O–H groups in total. The zero-order valence-corrected chi connectivity index (χ0v) is 15.0. The molecule has 25 heavy (non-hydrogen) atoms. The van der Waals surface area contributed by atoms with Gasteiger partial charge in [0.25, 0.3) is 0 Å². The Morgan fingerprint density at radius 2 is 1.24 bits per heavy atom. The Hall–Kier alpha value is -2.27. The second kappa shape index (κ2) is 6.23. The first-order chi connectivity index (χ1) is 11.7. The normalized spacial score (nSPS) is 14.4. The van der Waals surface area contributed by atoms with Gasteiger partial charge in [-0.2, -0.15) is 0 Å². The van der Waals surface area contributed by atoms with Crippen molar-refractivity contribution in [3.8, 4) is 0 Å². The van der Waals surface area contributed by atoms with Gasteiger partial charge in [-0.15, -0.1) is 0 Å². The molecule has 0 aromatic heterocycles. The molecule has 130 valence electrons. The van der Waals surface area contributed by atoms with E-state index in [1.165, 1.54) is 0 Å². The maximum atomic E-state index is 14.3. The van der Waals surface area contributed by atoms with Crippen molar-refractivity contribution in [3.05, 3.63) is 76.4 Å². The van der Waals surface area contributed by atoms with Gasteiger partial charge in [0, 0.05) is 6.26 Å². The summed E-state index contributed by atoms with van der Waals surface area (Å²) in [6.07, 6.45) is 5.35. The predicted octanol–water partition coefficient (Wildman–Crippen LogP) is 4.86. The van der Waals surface area contributed by atoms with E-state index in [4.69, 9.17) is 0 Å². The van der Waals surface area contributed by atoms with Crippen LogP contribution in [0.25, 0.3) is 11.1 Å². The highest BCUT2D eigenvalue weighted by molar-refractivity contribution is 7.90. The molecule has 5 heteroatoms.